The van der Waals surface area contributed by atoms with E-state index in [1.54, 1.807) is 13.8 Å². The van der Waals surface area contributed by atoms with Crippen molar-refractivity contribution in [3.05, 3.63) is 0 Å². The average molecular weight is 993 g/mol. The summed E-state index contributed by atoms with van der Waals surface area (Å²) < 4.78 is 0. The predicted molar refractivity (Wildman–Crippen MR) is 249 cm³/mol. The molecule has 70 heavy (non-hydrogen) atoms. The minimum Gasteiger partial charge on any atom is -0.480 e. The van der Waals surface area contributed by atoms with Gasteiger partial charge in [-0.3, -0.25) is 43.2 Å². The first kappa shape index (κ1) is 57.1. The van der Waals surface area contributed by atoms with Gasteiger partial charge >= 0.3 is 5.97 Å². The van der Waals surface area contributed by atoms with Gasteiger partial charge in [0.05, 0.1) is 24.4 Å². The molecule has 0 aromatic heterocycles. The first-order chi connectivity index (χ1) is 32.8. The van der Waals surface area contributed by atoms with Crippen LogP contribution in [-0.2, 0) is 47.9 Å². The summed E-state index contributed by atoms with van der Waals surface area (Å²) in [7, 11) is 0. The van der Waals surface area contributed by atoms with Crippen LogP contribution in [0, 0.1) is 11.8 Å². The van der Waals surface area contributed by atoms with Crippen LogP contribution in [0.5, 0.6) is 0 Å². The molecular formula is C46H76N10O14. The number of nitrogens with one attached hydrogen (secondary N) is 5. The summed E-state index contributed by atoms with van der Waals surface area (Å²) in [5.74, 6) is -8.28. The number of hydrogen-bond donors (Lipinski definition) is 10. The van der Waals surface area contributed by atoms with Gasteiger partial charge in [0.25, 0.3) is 0 Å². The van der Waals surface area contributed by atoms with E-state index in [9.17, 15) is 68.4 Å². The molecule has 0 bridgehead atoms. The molecule has 24 nitrogen and oxygen atoms in total. The Kier molecular flexibility index (Phi) is 20.5. The molecule has 11 N–H and O–H groups in total. The number of nitrogens with two attached hydrogens (primary N) is 1. The van der Waals surface area contributed by atoms with Gasteiger partial charge in [-0.05, 0) is 97.3 Å². The first-order valence-electron chi connectivity index (χ1n) is 24.5. The maximum absolute atomic E-state index is 14.2. The normalized spacial score (nSPS) is 24.2. The number of nitrogens with zero attached hydrogens (tertiary/aromatic N) is 4. The van der Waals surface area contributed by atoms with Crippen LogP contribution in [0.1, 0.15) is 113 Å². The number of amides is 9. The largest absolute Gasteiger partial charge is 0.480 e. The van der Waals surface area contributed by atoms with Crippen LogP contribution in [-0.4, -0.2) is 204 Å². The van der Waals surface area contributed by atoms with E-state index in [2.05, 4.69) is 26.6 Å². The van der Waals surface area contributed by atoms with Crippen molar-refractivity contribution >= 4 is 59.1 Å². The lowest BCUT2D eigenvalue weighted by molar-refractivity contribution is -0.153. The fraction of sp³-hybridized carbons (Fsp3) is 0.783. The monoisotopic (exact) mass is 993 g/mol. The van der Waals surface area contributed by atoms with Gasteiger partial charge in [0.2, 0.25) is 53.2 Å². The van der Waals surface area contributed by atoms with Crippen molar-refractivity contribution in [1.82, 2.24) is 46.2 Å². The minimum absolute atomic E-state index is 0.0529. The quantitative estimate of drug-likeness (QED) is 0.0537. The van der Waals surface area contributed by atoms with E-state index >= 15 is 0 Å². The zero-order chi connectivity index (χ0) is 52.5. The third kappa shape index (κ3) is 13.9. The third-order valence-electron chi connectivity index (χ3n) is 13.5. The number of rotatable bonds is 21. The number of carboxylic acids is 1. The molecular weight excluding hydrogens is 917 g/mol. The van der Waals surface area contributed by atoms with Gasteiger partial charge in [-0.2, -0.15) is 0 Å². The van der Waals surface area contributed by atoms with Crippen LogP contribution in [0.3, 0.4) is 0 Å². The van der Waals surface area contributed by atoms with Gasteiger partial charge in [0.15, 0.2) is 0 Å². The van der Waals surface area contributed by atoms with E-state index in [0.717, 1.165) is 0 Å². The fourth-order valence-corrected chi connectivity index (χ4v) is 9.68. The van der Waals surface area contributed by atoms with Crippen LogP contribution >= 0.6 is 0 Å². The molecule has 13 atom stereocenters. The number of aliphatic carboxylic acids is 1. The molecule has 0 aromatic carbocycles. The summed E-state index contributed by atoms with van der Waals surface area (Å²) in [6, 6.07) is -12.3. The van der Waals surface area contributed by atoms with Gasteiger partial charge in [-0.1, -0.05) is 27.7 Å². The molecule has 4 fully saturated rings. The number of hydrogen-bond acceptors (Lipinski definition) is 14. The molecule has 4 rings (SSSR count). The van der Waals surface area contributed by atoms with Gasteiger partial charge in [-0.25, -0.2) is 4.79 Å². The second-order valence-electron chi connectivity index (χ2n) is 20.0. The highest BCUT2D eigenvalue weighted by atomic mass is 16.4. The minimum atomic E-state index is -1.67. The molecule has 4 aliphatic rings. The van der Waals surface area contributed by atoms with Gasteiger partial charge in [0.1, 0.15) is 54.4 Å². The van der Waals surface area contributed by atoms with Crippen LogP contribution in [0.4, 0.5) is 0 Å². The topological polar surface area (TPSA) is 351 Å². The van der Waals surface area contributed by atoms with Crippen molar-refractivity contribution < 1.29 is 68.4 Å². The molecule has 0 radical (unpaired) electrons. The molecule has 0 unspecified atom stereocenters. The number of carbonyl (C=O) groups excluding carboxylic acids is 9. The summed E-state index contributed by atoms with van der Waals surface area (Å²) in [5, 5.41) is 53.6. The lowest BCUT2D eigenvalue weighted by atomic mass is 10.0. The Hall–Kier alpha value is -5.46. The van der Waals surface area contributed by atoms with E-state index in [1.807, 2.05) is 13.8 Å². The van der Waals surface area contributed by atoms with E-state index in [4.69, 9.17) is 5.73 Å². The summed E-state index contributed by atoms with van der Waals surface area (Å²) >= 11 is 0. The Morgan fingerprint density at radius 3 is 1.31 bits per heavy atom. The summed E-state index contributed by atoms with van der Waals surface area (Å²) in [4.78, 5) is 140. The molecule has 0 spiro atoms. The van der Waals surface area contributed by atoms with Crippen molar-refractivity contribution in [2.24, 2.45) is 17.6 Å². The molecule has 0 aliphatic carbocycles. The van der Waals surface area contributed by atoms with Crippen LogP contribution in [0.2, 0.25) is 0 Å². The second kappa shape index (κ2) is 25.1. The maximum atomic E-state index is 14.2. The smallest absolute Gasteiger partial charge is 0.326 e. The highest BCUT2D eigenvalue weighted by molar-refractivity contribution is 5.99. The zero-order valence-electron chi connectivity index (χ0n) is 41.6. The Morgan fingerprint density at radius 1 is 0.486 bits per heavy atom. The van der Waals surface area contributed by atoms with Crippen molar-refractivity contribution in [1.29, 1.82) is 0 Å². The van der Waals surface area contributed by atoms with Crippen molar-refractivity contribution in [2.75, 3.05) is 26.2 Å². The van der Waals surface area contributed by atoms with Crippen molar-refractivity contribution in [3.63, 3.8) is 0 Å². The Morgan fingerprint density at radius 2 is 0.857 bits per heavy atom. The number of carboxylic acid groups (broad SMARTS) is 1. The molecule has 4 aliphatic heterocycles. The van der Waals surface area contributed by atoms with Gasteiger partial charge < -0.3 is 72.3 Å². The molecule has 4 saturated heterocycles. The van der Waals surface area contributed by atoms with E-state index in [0.29, 0.717) is 51.4 Å². The highest BCUT2D eigenvalue weighted by Gasteiger charge is 2.47. The lowest BCUT2D eigenvalue weighted by Gasteiger charge is -2.34. The van der Waals surface area contributed by atoms with E-state index in [1.165, 1.54) is 47.3 Å². The second-order valence-corrected chi connectivity index (χ2v) is 20.0. The van der Waals surface area contributed by atoms with Crippen LogP contribution < -0.4 is 32.3 Å². The summed E-state index contributed by atoms with van der Waals surface area (Å²) in [6.45, 7) is 12.8. The lowest BCUT2D eigenvalue weighted by Crippen LogP contribution is -2.63. The Bertz CT molecular complexity index is 1950. The number of carbonyl (C=O) groups is 10. The molecule has 394 valence electrons. The molecule has 0 aromatic rings. The summed E-state index contributed by atoms with van der Waals surface area (Å²) in [5.41, 5.74) is 5.95. The average Bonchev–Trinajstić information content (AvgIpc) is 4.13. The fourth-order valence-electron chi connectivity index (χ4n) is 9.68. The maximum Gasteiger partial charge on any atom is 0.326 e. The molecule has 0 saturated carbocycles. The zero-order valence-corrected chi connectivity index (χ0v) is 41.6. The standard InChI is InChI=1S/C46H76N10O14/c1-22(2)21-28(47)37(60)50-35(26(7)58)41(64)52-36(27(8)59)40(63)49-33(23(3)4)45(68)53-17-9-13-29(53)38(61)51-34(25(6)57)39(62)48-24(5)42(65)54-18-10-14-30(54)43(66)55-19-11-15-31(55)44(67)56-20-12-16-32(56)46(69)70/h22-36,57-59H,9-21,47H2,1-8H3,(H,48,62)(H,49,63)(H,50,60)(H,51,61)(H,52,64)(H,69,70)/t24-,25+,26+,27+,28-,29-,30-,31-,32-,33-,34-,35-,36-/m0/s1. The number of aliphatic hydroxyl groups excluding tert-OH is 3. The van der Waals surface area contributed by atoms with Crippen molar-refractivity contribution in [2.45, 2.75) is 192 Å². The van der Waals surface area contributed by atoms with E-state index in [-0.39, 0.29) is 38.5 Å². The first-order valence-corrected chi connectivity index (χ1v) is 24.5. The molecule has 24 heteroatoms. The van der Waals surface area contributed by atoms with Crippen LogP contribution in [0.15, 0.2) is 0 Å². The Balaban J connectivity index is 1.39. The SMILES string of the molecule is CC(C)C[C@H](N)C(=O)N[C@H](C(=O)N[C@H](C(=O)N[C@H](C(=O)N1CCC[C@H]1C(=O)N[C@H](C(=O)N[C@@H](C)C(=O)N1CCC[C@H]1C(=O)N1CCC[C@H]1C(=O)N1CCC[C@H]1C(=O)O)[C@@H](C)O)C(C)C)[C@@H](C)O)[C@@H](C)O. The Labute approximate surface area is 408 Å². The van der Waals surface area contributed by atoms with Crippen LogP contribution in [0.25, 0.3) is 0 Å². The molecule has 4 heterocycles. The predicted octanol–water partition coefficient (Wildman–Crippen LogP) is -3.35. The molecule has 9 amide bonds. The van der Waals surface area contributed by atoms with E-state index < -0.39 is 144 Å². The third-order valence-corrected chi connectivity index (χ3v) is 13.5. The highest BCUT2D eigenvalue weighted by Crippen LogP contribution is 2.29. The van der Waals surface area contributed by atoms with Gasteiger partial charge in [-0.15, -0.1) is 0 Å². The van der Waals surface area contributed by atoms with Gasteiger partial charge in [0, 0.05) is 26.2 Å². The number of likely N-dealkylation sites (tertiary alicyclic amines) is 4. The number of aliphatic hydroxyl groups is 3. The van der Waals surface area contributed by atoms with Crippen molar-refractivity contribution in [3.8, 4) is 0 Å². The summed E-state index contributed by atoms with van der Waals surface area (Å²) in [6.07, 6.45) is -1.18.